The first-order valence-corrected chi connectivity index (χ1v) is 8.97. The predicted molar refractivity (Wildman–Crippen MR) is 99.6 cm³/mol. The Morgan fingerprint density at radius 3 is 2.76 bits per heavy atom. The van der Waals surface area contributed by atoms with Crippen LogP contribution in [0, 0.1) is 0 Å². The minimum atomic E-state index is -0.979. The van der Waals surface area contributed by atoms with E-state index in [1.54, 1.807) is 18.2 Å². The van der Waals surface area contributed by atoms with Crippen LogP contribution in [0.25, 0.3) is 17.2 Å². The van der Waals surface area contributed by atoms with Crippen LogP contribution in [0.3, 0.4) is 0 Å². The number of carboxylic acid groups (broad SMARTS) is 1. The van der Waals surface area contributed by atoms with Gasteiger partial charge in [0.15, 0.2) is 0 Å². The Hall–Kier alpha value is -2.64. The summed E-state index contributed by atoms with van der Waals surface area (Å²) in [4.78, 5) is 37.5. The lowest BCUT2D eigenvalue weighted by molar-refractivity contribution is -0.122. The maximum Gasteiger partial charge on any atom is 0.335 e. The van der Waals surface area contributed by atoms with Crippen molar-refractivity contribution >= 4 is 46.3 Å². The number of aromatic carboxylic acids is 1. The standard InChI is InChI=1S/C18H13NO4S2/c1-2-6-19-16(20)15(25-18(19)23)9-14-8-13(10-24-14)11-4-3-5-12(7-11)17(21)22/h2-5,7-10H,1,6H2,(H,21,22). The molecule has 1 aromatic carbocycles. The number of thiophene rings is 1. The van der Waals surface area contributed by atoms with E-state index in [1.807, 2.05) is 17.5 Å². The number of benzene rings is 1. The quantitative estimate of drug-likeness (QED) is 0.625. The van der Waals surface area contributed by atoms with E-state index in [0.29, 0.717) is 4.91 Å². The molecule has 3 rings (SSSR count). The molecule has 0 unspecified atom stereocenters. The number of carboxylic acids is 1. The van der Waals surface area contributed by atoms with Crippen molar-refractivity contribution in [2.75, 3.05) is 6.54 Å². The van der Waals surface area contributed by atoms with Gasteiger partial charge in [-0.05, 0) is 52.5 Å². The van der Waals surface area contributed by atoms with Gasteiger partial charge in [0.05, 0.1) is 10.5 Å². The highest BCUT2D eigenvalue weighted by molar-refractivity contribution is 8.18. The van der Waals surface area contributed by atoms with Crippen molar-refractivity contribution in [2.24, 2.45) is 0 Å². The molecule has 0 bridgehead atoms. The third-order valence-electron chi connectivity index (χ3n) is 3.52. The highest BCUT2D eigenvalue weighted by Crippen LogP contribution is 2.34. The number of carbonyl (C=O) groups excluding carboxylic acids is 2. The minimum Gasteiger partial charge on any atom is -0.478 e. The van der Waals surface area contributed by atoms with Crippen molar-refractivity contribution in [1.82, 2.24) is 4.90 Å². The average Bonchev–Trinajstić information content (AvgIpc) is 3.16. The minimum absolute atomic E-state index is 0.194. The molecule has 1 fully saturated rings. The van der Waals surface area contributed by atoms with Gasteiger partial charge in [-0.15, -0.1) is 17.9 Å². The Balaban J connectivity index is 1.86. The molecule has 0 spiro atoms. The summed E-state index contributed by atoms with van der Waals surface area (Å²) in [7, 11) is 0. The molecule has 0 aliphatic carbocycles. The van der Waals surface area contributed by atoms with Crippen molar-refractivity contribution < 1.29 is 19.5 Å². The maximum absolute atomic E-state index is 12.2. The fourth-order valence-corrected chi connectivity index (χ4v) is 4.09. The summed E-state index contributed by atoms with van der Waals surface area (Å²) in [5.74, 6) is -1.30. The molecule has 0 atom stereocenters. The number of amides is 2. The second kappa shape index (κ2) is 7.08. The van der Waals surface area contributed by atoms with Crippen LogP contribution in [0.4, 0.5) is 4.79 Å². The normalized spacial score (nSPS) is 15.8. The van der Waals surface area contributed by atoms with Gasteiger partial charge >= 0.3 is 5.97 Å². The van der Waals surface area contributed by atoms with Gasteiger partial charge in [0, 0.05) is 11.4 Å². The third-order valence-corrected chi connectivity index (χ3v) is 5.31. The fraction of sp³-hybridized carbons (Fsp3) is 0.0556. The Morgan fingerprint density at radius 2 is 2.04 bits per heavy atom. The van der Waals surface area contributed by atoms with E-state index in [1.165, 1.54) is 23.5 Å². The average molecular weight is 371 g/mol. The number of carbonyl (C=O) groups is 3. The molecule has 2 aromatic rings. The fourth-order valence-electron chi connectivity index (χ4n) is 2.33. The molecular weight excluding hydrogens is 358 g/mol. The first-order valence-electron chi connectivity index (χ1n) is 7.28. The molecule has 2 amide bonds. The highest BCUT2D eigenvalue weighted by Gasteiger charge is 2.34. The van der Waals surface area contributed by atoms with Gasteiger partial charge < -0.3 is 5.11 Å². The predicted octanol–water partition coefficient (Wildman–Crippen LogP) is 4.34. The van der Waals surface area contributed by atoms with E-state index in [0.717, 1.165) is 32.7 Å². The van der Waals surface area contributed by atoms with Gasteiger partial charge in [-0.25, -0.2) is 4.79 Å². The lowest BCUT2D eigenvalue weighted by Gasteiger charge is -2.07. The smallest absolute Gasteiger partial charge is 0.335 e. The Morgan fingerprint density at radius 1 is 1.24 bits per heavy atom. The van der Waals surface area contributed by atoms with Crippen molar-refractivity contribution in [3.05, 3.63) is 63.7 Å². The summed E-state index contributed by atoms with van der Waals surface area (Å²) < 4.78 is 0. The molecule has 1 saturated heterocycles. The number of hydrogen-bond donors (Lipinski definition) is 1. The Bertz CT molecular complexity index is 913. The molecule has 126 valence electrons. The number of nitrogens with zero attached hydrogens (tertiary/aromatic N) is 1. The second-order valence-corrected chi connectivity index (χ2v) is 7.14. The summed E-state index contributed by atoms with van der Waals surface area (Å²) in [5, 5.41) is 10.7. The molecular formula is C18H13NO4S2. The molecule has 1 aliphatic rings. The highest BCUT2D eigenvalue weighted by atomic mass is 32.2. The molecule has 7 heteroatoms. The monoisotopic (exact) mass is 371 g/mol. The summed E-state index contributed by atoms with van der Waals surface area (Å²) >= 11 is 2.33. The molecule has 2 heterocycles. The van der Waals surface area contributed by atoms with Crippen molar-refractivity contribution in [2.45, 2.75) is 0 Å². The molecule has 0 radical (unpaired) electrons. The topological polar surface area (TPSA) is 74.7 Å². The molecule has 25 heavy (non-hydrogen) atoms. The molecule has 1 aromatic heterocycles. The Labute approximate surface area is 152 Å². The zero-order valence-corrected chi connectivity index (χ0v) is 14.6. The van der Waals surface area contributed by atoms with Crippen molar-refractivity contribution in [3.8, 4) is 11.1 Å². The van der Waals surface area contributed by atoms with Crippen molar-refractivity contribution in [3.63, 3.8) is 0 Å². The zero-order chi connectivity index (χ0) is 18.0. The largest absolute Gasteiger partial charge is 0.478 e. The molecule has 0 saturated carbocycles. The summed E-state index contributed by atoms with van der Waals surface area (Å²) in [6.45, 7) is 3.74. The Kier molecular flexibility index (Phi) is 4.87. The number of rotatable bonds is 5. The van der Waals surface area contributed by atoms with Crippen LogP contribution in [0.5, 0.6) is 0 Å². The summed E-state index contributed by atoms with van der Waals surface area (Å²) in [5.41, 5.74) is 1.87. The number of thioether (sulfide) groups is 1. The van der Waals surface area contributed by atoms with Gasteiger partial charge in [0.1, 0.15) is 0 Å². The van der Waals surface area contributed by atoms with E-state index in [9.17, 15) is 14.4 Å². The zero-order valence-electron chi connectivity index (χ0n) is 13.0. The maximum atomic E-state index is 12.2. The summed E-state index contributed by atoms with van der Waals surface area (Å²) in [6.07, 6.45) is 3.20. The van der Waals surface area contributed by atoms with E-state index in [-0.39, 0.29) is 23.3 Å². The molecule has 1 N–H and O–H groups in total. The van der Waals surface area contributed by atoms with Gasteiger partial charge in [-0.2, -0.15) is 0 Å². The van der Waals surface area contributed by atoms with Crippen LogP contribution in [0.15, 0.2) is 53.3 Å². The number of hydrogen-bond acceptors (Lipinski definition) is 5. The van der Waals surface area contributed by atoms with Crippen LogP contribution in [0.2, 0.25) is 0 Å². The van der Waals surface area contributed by atoms with Crippen LogP contribution >= 0.6 is 23.1 Å². The van der Waals surface area contributed by atoms with Crippen LogP contribution < -0.4 is 0 Å². The third kappa shape index (κ3) is 3.57. The van der Waals surface area contributed by atoms with Crippen LogP contribution in [0.1, 0.15) is 15.2 Å². The van der Waals surface area contributed by atoms with E-state index in [4.69, 9.17) is 5.11 Å². The summed E-state index contributed by atoms with van der Waals surface area (Å²) in [6, 6.07) is 8.53. The van der Waals surface area contributed by atoms with Gasteiger partial charge in [-0.1, -0.05) is 18.2 Å². The van der Waals surface area contributed by atoms with Crippen LogP contribution in [-0.4, -0.2) is 33.7 Å². The van der Waals surface area contributed by atoms with Gasteiger partial charge in [-0.3, -0.25) is 14.5 Å². The molecule has 1 aliphatic heterocycles. The van der Waals surface area contributed by atoms with Crippen molar-refractivity contribution in [1.29, 1.82) is 0 Å². The SMILES string of the molecule is C=CCN1C(=O)SC(=Cc2cc(-c3cccc(C(=O)O)c3)cs2)C1=O. The number of imide groups is 1. The van der Waals surface area contributed by atoms with Gasteiger partial charge in [0.2, 0.25) is 0 Å². The lowest BCUT2D eigenvalue weighted by atomic mass is 10.1. The lowest BCUT2D eigenvalue weighted by Crippen LogP contribution is -2.27. The first-order chi connectivity index (χ1) is 12.0. The van der Waals surface area contributed by atoms with E-state index in [2.05, 4.69) is 6.58 Å². The van der Waals surface area contributed by atoms with Crippen LogP contribution in [-0.2, 0) is 4.79 Å². The second-order valence-electron chi connectivity index (χ2n) is 5.20. The van der Waals surface area contributed by atoms with E-state index >= 15 is 0 Å². The molecule has 5 nitrogen and oxygen atoms in total. The first kappa shape index (κ1) is 17.2. The van der Waals surface area contributed by atoms with Gasteiger partial charge in [0.25, 0.3) is 11.1 Å². The van der Waals surface area contributed by atoms with E-state index < -0.39 is 5.97 Å².